The van der Waals surface area contributed by atoms with Crippen molar-refractivity contribution in [3.05, 3.63) is 35.9 Å². The lowest BCUT2D eigenvalue weighted by Gasteiger charge is -2.19. The van der Waals surface area contributed by atoms with Crippen LogP contribution < -0.4 is 5.73 Å². The molecule has 2 rings (SSSR count). The summed E-state index contributed by atoms with van der Waals surface area (Å²) in [5, 5.41) is 0. The molecule has 1 amide bonds. The van der Waals surface area contributed by atoms with Crippen molar-refractivity contribution >= 4 is 17.7 Å². The van der Waals surface area contributed by atoms with Crippen LogP contribution >= 0.6 is 11.8 Å². The van der Waals surface area contributed by atoms with E-state index in [2.05, 4.69) is 0 Å². The van der Waals surface area contributed by atoms with Gasteiger partial charge in [0.25, 0.3) is 0 Å². The second-order valence-electron chi connectivity index (χ2n) is 3.94. The number of thioether (sulfide) groups is 1. The van der Waals surface area contributed by atoms with Crippen LogP contribution in [0, 0.1) is 0 Å². The summed E-state index contributed by atoms with van der Waals surface area (Å²) in [7, 11) is 0. The van der Waals surface area contributed by atoms with E-state index >= 15 is 0 Å². The van der Waals surface area contributed by atoms with Crippen LogP contribution in [0.2, 0.25) is 0 Å². The van der Waals surface area contributed by atoms with Crippen LogP contribution in [0.3, 0.4) is 0 Å². The van der Waals surface area contributed by atoms with E-state index in [4.69, 9.17) is 5.73 Å². The van der Waals surface area contributed by atoms with Crippen LogP contribution in [0.5, 0.6) is 0 Å². The molecule has 0 spiro atoms. The van der Waals surface area contributed by atoms with Gasteiger partial charge in [-0.2, -0.15) is 0 Å². The Morgan fingerprint density at radius 2 is 2.19 bits per heavy atom. The number of amides is 1. The van der Waals surface area contributed by atoms with Gasteiger partial charge >= 0.3 is 0 Å². The zero-order chi connectivity index (χ0) is 11.4. The quantitative estimate of drug-likeness (QED) is 0.854. The fourth-order valence-electron chi connectivity index (χ4n) is 1.78. The Balaban J connectivity index is 1.92. The minimum atomic E-state index is -0.402. The largest absolute Gasteiger partial charge is 0.331 e. The van der Waals surface area contributed by atoms with E-state index in [0.717, 1.165) is 23.7 Å². The van der Waals surface area contributed by atoms with E-state index in [-0.39, 0.29) is 5.91 Å². The van der Waals surface area contributed by atoms with Crippen molar-refractivity contribution < 1.29 is 4.79 Å². The number of rotatable bonds is 3. The maximum absolute atomic E-state index is 11.9. The van der Waals surface area contributed by atoms with Gasteiger partial charge in [-0.25, -0.2) is 0 Å². The van der Waals surface area contributed by atoms with Crippen LogP contribution in [0.1, 0.15) is 5.56 Å². The SMILES string of the molecule is NC(Cc1ccccc1)C(=O)N1CCSC1. The minimum Gasteiger partial charge on any atom is -0.331 e. The Labute approximate surface area is 100.0 Å². The maximum Gasteiger partial charge on any atom is 0.240 e. The Morgan fingerprint density at radius 3 is 2.81 bits per heavy atom. The summed E-state index contributed by atoms with van der Waals surface area (Å²) in [6.45, 7) is 0.839. The van der Waals surface area contributed by atoms with Gasteiger partial charge in [0.2, 0.25) is 5.91 Å². The fourth-order valence-corrected chi connectivity index (χ4v) is 2.73. The molecule has 1 atom stereocenters. The minimum absolute atomic E-state index is 0.0776. The molecule has 1 aliphatic heterocycles. The van der Waals surface area contributed by atoms with Crippen LogP contribution in [-0.2, 0) is 11.2 Å². The van der Waals surface area contributed by atoms with Crippen LogP contribution in [0.4, 0.5) is 0 Å². The molecule has 2 N–H and O–H groups in total. The molecule has 1 aliphatic rings. The standard InChI is InChI=1S/C12H16N2OS/c13-11(8-10-4-2-1-3-5-10)12(15)14-6-7-16-9-14/h1-5,11H,6-9,13H2. The summed E-state index contributed by atoms with van der Waals surface area (Å²) < 4.78 is 0. The molecule has 1 saturated heterocycles. The van der Waals surface area contributed by atoms with E-state index in [0.29, 0.717) is 6.42 Å². The van der Waals surface area contributed by atoms with Gasteiger partial charge < -0.3 is 10.6 Å². The average Bonchev–Trinajstić information content (AvgIpc) is 2.83. The highest BCUT2D eigenvalue weighted by Crippen LogP contribution is 2.14. The van der Waals surface area contributed by atoms with Gasteiger partial charge in [0.15, 0.2) is 0 Å². The molecule has 1 fully saturated rings. The number of carbonyl (C=O) groups is 1. The molecular formula is C12H16N2OS. The highest BCUT2D eigenvalue weighted by molar-refractivity contribution is 7.99. The fraction of sp³-hybridized carbons (Fsp3) is 0.417. The van der Waals surface area contributed by atoms with E-state index in [1.54, 1.807) is 11.8 Å². The number of benzene rings is 1. The predicted octanol–water partition coefficient (Wildman–Crippen LogP) is 1.09. The van der Waals surface area contributed by atoms with Crippen molar-refractivity contribution in [3.8, 4) is 0 Å². The van der Waals surface area contributed by atoms with Crippen LogP contribution in [0.25, 0.3) is 0 Å². The molecule has 1 heterocycles. The Morgan fingerprint density at radius 1 is 1.44 bits per heavy atom. The molecule has 16 heavy (non-hydrogen) atoms. The monoisotopic (exact) mass is 236 g/mol. The Hall–Kier alpha value is -1.00. The van der Waals surface area contributed by atoms with Gasteiger partial charge in [-0.1, -0.05) is 30.3 Å². The van der Waals surface area contributed by atoms with E-state index in [1.807, 2.05) is 35.2 Å². The summed E-state index contributed by atoms with van der Waals surface area (Å²) in [5.74, 6) is 1.90. The first-order chi connectivity index (χ1) is 7.77. The first-order valence-corrected chi connectivity index (χ1v) is 6.59. The summed E-state index contributed by atoms with van der Waals surface area (Å²) in [5.41, 5.74) is 7.05. The molecule has 86 valence electrons. The highest BCUT2D eigenvalue weighted by Gasteiger charge is 2.23. The van der Waals surface area contributed by atoms with Crippen molar-refractivity contribution in [2.75, 3.05) is 18.2 Å². The number of hydrogen-bond donors (Lipinski definition) is 1. The van der Waals surface area contributed by atoms with Crippen LogP contribution in [0.15, 0.2) is 30.3 Å². The third kappa shape index (κ3) is 2.77. The van der Waals surface area contributed by atoms with Gasteiger partial charge in [-0.3, -0.25) is 4.79 Å². The van der Waals surface area contributed by atoms with Crippen molar-refractivity contribution in [1.82, 2.24) is 4.90 Å². The van der Waals surface area contributed by atoms with Gasteiger partial charge in [-0.15, -0.1) is 11.8 Å². The normalized spacial score (nSPS) is 17.4. The van der Waals surface area contributed by atoms with Crippen molar-refractivity contribution in [3.63, 3.8) is 0 Å². The van der Waals surface area contributed by atoms with Crippen molar-refractivity contribution in [2.45, 2.75) is 12.5 Å². The number of nitrogens with zero attached hydrogens (tertiary/aromatic N) is 1. The molecule has 1 unspecified atom stereocenters. The topological polar surface area (TPSA) is 46.3 Å². The van der Waals surface area contributed by atoms with Gasteiger partial charge in [-0.05, 0) is 12.0 Å². The zero-order valence-corrected chi connectivity index (χ0v) is 9.95. The summed E-state index contributed by atoms with van der Waals surface area (Å²) in [4.78, 5) is 13.8. The van der Waals surface area contributed by atoms with Crippen molar-refractivity contribution in [2.24, 2.45) is 5.73 Å². The molecule has 3 nitrogen and oxygen atoms in total. The third-order valence-corrected chi connectivity index (χ3v) is 3.65. The lowest BCUT2D eigenvalue weighted by molar-refractivity contribution is -0.131. The Kier molecular flexibility index (Phi) is 3.85. The Bertz CT molecular complexity index is 349. The average molecular weight is 236 g/mol. The second kappa shape index (κ2) is 5.37. The maximum atomic E-state index is 11.9. The van der Waals surface area contributed by atoms with E-state index in [9.17, 15) is 4.79 Å². The lowest BCUT2D eigenvalue weighted by Crippen LogP contribution is -2.43. The molecule has 0 aliphatic carbocycles. The molecule has 0 radical (unpaired) electrons. The summed E-state index contributed by atoms with van der Waals surface area (Å²) in [6.07, 6.45) is 0.626. The summed E-state index contributed by atoms with van der Waals surface area (Å²) in [6, 6.07) is 9.52. The van der Waals surface area contributed by atoms with E-state index in [1.165, 1.54) is 0 Å². The molecule has 1 aromatic carbocycles. The smallest absolute Gasteiger partial charge is 0.240 e. The first kappa shape index (κ1) is 11.5. The second-order valence-corrected chi connectivity index (χ2v) is 5.01. The number of nitrogens with two attached hydrogens (primary N) is 1. The predicted molar refractivity (Wildman–Crippen MR) is 67.2 cm³/mol. The number of carbonyl (C=O) groups excluding carboxylic acids is 1. The lowest BCUT2D eigenvalue weighted by atomic mass is 10.1. The first-order valence-electron chi connectivity index (χ1n) is 5.43. The molecule has 0 bridgehead atoms. The van der Waals surface area contributed by atoms with Crippen molar-refractivity contribution in [1.29, 1.82) is 0 Å². The van der Waals surface area contributed by atoms with E-state index < -0.39 is 6.04 Å². The third-order valence-electron chi connectivity index (χ3n) is 2.68. The molecule has 4 heteroatoms. The summed E-state index contributed by atoms with van der Waals surface area (Å²) >= 11 is 1.78. The van der Waals surface area contributed by atoms with Gasteiger partial charge in [0.05, 0.1) is 11.9 Å². The number of hydrogen-bond acceptors (Lipinski definition) is 3. The van der Waals surface area contributed by atoms with Gasteiger partial charge in [0.1, 0.15) is 0 Å². The van der Waals surface area contributed by atoms with Gasteiger partial charge in [0, 0.05) is 12.3 Å². The van der Waals surface area contributed by atoms with Crippen LogP contribution in [-0.4, -0.2) is 35.0 Å². The molecule has 0 aromatic heterocycles. The highest BCUT2D eigenvalue weighted by atomic mass is 32.2. The molecule has 0 saturated carbocycles. The zero-order valence-electron chi connectivity index (χ0n) is 9.13. The molecule has 1 aromatic rings. The molecular weight excluding hydrogens is 220 g/mol.